The molecule has 0 spiro atoms. The second-order valence-corrected chi connectivity index (χ2v) is 8.03. The number of rotatable bonds is 7. The van der Waals surface area contributed by atoms with Crippen molar-refractivity contribution in [1.82, 2.24) is 10.3 Å². The molecule has 0 saturated carbocycles. The number of aromatic amines is 1. The Morgan fingerprint density at radius 2 is 1.85 bits per heavy atom. The van der Waals surface area contributed by atoms with Crippen molar-refractivity contribution in [1.29, 1.82) is 0 Å². The van der Waals surface area contributed by atoms with Crippen LogP contribution in [0.4, 0.5) is 5.69 Å². The van der Waals surface area contributed by atoms with Crippen molar-refractivity contribution < 1.29 is 23.5 Å². The van der Waals surface area contributed by atoms with Crippen molar-refractivity contribution >= 4 is 34.4 Å². The van der Waals surface area contributed by atoms with E-state index in [9.17, 15) is 14.4 Å². The first-order chi connectivity index (χ1) is 16.3. The maximum Gasteiger partial charge on any atom is 0.355 e. The molecular weight excluding hydrogens is 434 g/mol. The minimum absolute atomic E-state index is 0.221. The number of anilines is 1. The summed E-state index contributed by atoms with van der Waals surface area (Å²) in [5, 5.41) is 3.69. The fraction of sp³-hybridized carbons (Fsp3) is 0.192. The minimum atomic E-state index is -0.625. The SMILES string of the molecule is Cc1cc(C)c2cc(C(=O)OCC(=O)N(C)c3ccccc3C(=O)NCc3ccco3)[nH]c2c1. The van der Waals surface area contributed by atoms with Crippen molar-refractivity contribution in [2.24, 2.45) is 0 Å². The number of hydrogen-bond donors (Lipinski definition) is 2. The Balaban J connectivity index is 1.41. The third-order valence-electron chi connectivity index (χ3n) is 5.52. The molecule has 34 heavy (non-hydrogen) atoms. The molecule has 2 aromatic carbocycles. The van der Waals surface area contributed by atoms with Gasteiger partial charge in [-0.3, -0.25) is 9.59 Å². The van der Waals surface area contributed by atoms with Gasteiger partial charge in [0.15, 0.2) is 6.61 Å². The van der Waals surface area contributed by atoms with Gasteiger partial charge in [0, 0.05) is 18.0 Å². The van der Waals surface area contributed by atoms with E-state index in [2.05, 4.69) is 10.3 Å². The molecule has 0 unspecified atom stereocenters. The number of aryl methyl sites for hydroxylation is 2. The summed E-state index contributed by atoms with van der Waals surface area (Å²) in [7, 11) is 1.53. The lowest BCUT2D eigenvalue weighted by Gasteiger charge is -2.20. The van der Waals surface area contributed by atoms with Crippen LogP contribution in [0.25, 0.3) is 10.9 Å². The second-order valence-electron chi connectivity index (χ2n) is 8.03. The zero-order valence-corrected chi connectivity index (χ0v) is 19.2. The molecule has 2 amide bonds. The Morgan fingerprint density at radius 3 is 2.62 bits per heavy atom. The highest BCUT2D eigenvalue weighted by molar-refractivity contribution is 6.05. The molecule has 0 atom stereocenters. The van der Waals surface area contributed by atoms with Crippen LogP contribution in [0.2, 0.25) is 0 Å². The van der Waals surface area contributed by atoms with Gasteiger partial charge >= 0.3 is 5.97 Å². The van der Waals surface area contributed by atoms with Crippen molar-refractivity contribution in [3.05, 3.63) is 89.0 Å². The molecule has 0 radical (unpaired) electrons. The Morgan fingerprint density at radius 1 is 1.06 bits per heavy atom. The van der Waals surface area contributed by atoms with E-state index in [1.807, 2.05) is 26.0 Å². The van der Waals surface area contributed by atoms with Gasteiger partial charge in [0.1, 0.15) is 11.5 Å². The van der Waals surface area contributed by atoms with E-state index in [0.717, 1.165) is 22.0 Å². The van der Waals surface area contributed by atoms with Gasteiger partial charge in [-0.25, -0.2) is 4.79 Å². The van der Waals surface area contributed by atoms with Crippen molar-refractivity contribution in [3.63, 3.8) is 0 Å². The van der Waals surface area contributed by atoms with Gasteiger partial charge in [0.05, 0.1) is 24.1 Å². The quantitative estimate of drug-likeness (QED) is 0.405. The Bertz CT molecular complexity index is 1350. The molecule has 2 aromatic heterocycles. The lowest BCUT2D eigenvalue weighted by atomic mass is 10.1. The average Bonchev–Trinajstić information content (AvgIpc) is 3.50. The zero-order chi connectivity index (χ0) is 24.2. The molecule has 8 heteroatoms. The van der Waals surface area contributed by atoms with Crippen molar-refractivity contribution in [2.75, 3.05) is 18.6 Å². The van der Waals surface area contributed by atoms with Gasteiger partial charge in [0.25, 0.3) is 11.8 Å². The Hall–Kier alpha value is -4.33. The number of ether oxygens (including phenoxy) is 1. The molecular formula is C26H25N3O5. The zero-order valence-electron chi connectivity index (χ0n) is 19.2. The maximum absolute atomic E-state index is 12.8. The number of amides is 2. The Labute approximate surface area is 196 Å². The molecule has 0 saturated heterocycles. The van der Waals surface area contributed by atoms with Gasteiger partial charge in [-0.05, 0) is 61.4 Å². The third-order valence-corrected chi connectivity index (χ3v) is 5.52. The molecule has 4 aromatic rings. The fourth-order valence-corrected chi connectivity index (χ4v) is 3.78. The van der Waals surface area contributed by atoms with E-state index in [0.29, 0.717) is 17.0 Å². The van der Waals surface area contributed by atoms with Gasteiger partial charge in [-0.15, -0.1) is 0 Å². The molecule has 8 nitrogen and oxygen atoms in total. The van der Waals surface area contributed by atoms with Gasteiger partial charge < -0.3 is 24.4 Å². The van der Waals surface area contributed by atoms with E-state index >= 15 is 0 Å². The summed E-state index contributed by atoms with van der Waals surface area (Å²) in [6, 6.07) is 15.9. The van der Waals surface area contributed by atoms with Crippen LogP contribution in [0.5, 0.6) is 0 Å². The molecule has 0 bridgehead atoms. The van der Waals surface area contributed by atoms with E-state index in [-0.39, 0.29) is 18.1 Å². The van der Waals surface area contributed by atoms with Crippen LogP contribution >= 0.6 is 0 Å². The van der Waals surface area contributed by atoms with Crippen LogP contribution in [0.1, 0.15) is 37.7 Å². The normalized spacial score (nSPS) is 10.8. The summed E-state index contributed by atoms with van der Waals surface area (Å²) in [5.74, 6) is -0.834. The summed E-state index contributed by atoms with van der Waals surface area (Å²) >= 11 is 0. The van der Waals surface area contributed by atoms with Crippen LogP contribution in [0, 0.1) is 13.8 Å². The number of nitrogens with one attached hydrogen (secondary N) is 2. The summed E-state index contributed by atoms with van der Waals surface area (Å²) in [6.45, 7) is 3.71. The van der Waals surface area contributed by atoms with E-state index in [4.69, 9.17) is 9.15 Å². The molecule has 4 rings (SSSR count). The topological polar surface area (TPSA) is 105 Å². The number of benzene rings is 2. The highest BCUT2D eigenvalue weighted by Gasteiger charge is 2.21. The lowest BCUT2D eigenvalue weighted by molar-refractivity contribution is -0.121. The van der Waals surface area contributed by atoms with Gasteiger partial charge in [0.2, 0.25) is 0 Å². The smallest absolute Gasteiger partial charge is 0.355 e. The monoisotopic (exact) mass is 459 g/mol. The van der Waals surface area contributed by atoms with Crippen molar-refractivity contribution in [2.45, 2.75) is 20.4 Å². The number of aromatic nitrogens is 1. The number of esters is 1. The first-order valence-electron chi connectivity index (χ1n) is 10.8. The first-order valence-corrected chi connectivity index (χ1v) is 10.8. The summed E-state index contributed by atoms with van der Waals surface area (Å²) < 4.78 is 10.5. The van der Waals surface area contributed by atoms with E-state index in [1.165, 1.54) is 18.2 Å². The molecule has 0 aliphatic heterocycles. The first kappa shape index (κ1) is 22.8. The number of hydrogen-bond acceptors (Lipinski definition) is 5. The highest BCUT2D eigenvalue weighted by Crippen LogP contribution is 2.22. The van der Waals surface area contributed by atoms with Crippen LogP contribution in [-0.4, -0.2) is 36.4 Å². The number of carbonyl (C=O) groups is 3. The summed E-state index contributed by atoms with van der Waals surface area (Å²) in [4.78, 5) is 42.4. The third kappa shape index (κ3) is 4.85. The number of H-pyrrole nitrogens is 1. The van der Waals surface area contributed by atoms with E-state index < -0.39 is 18.5 Å². The maximum atomic E-state index is 12.8. The molecule has 2 N–H and O–H groups in total. The van der Waals surface area contributed by atoms with Crippen molar-refractivity contribution in [3.8, 4) is 0 Å². The minimum Gasteiger partial charge on any atom is -0.467 e. The standard InChI is InChI=1S/C26H25N3O5/c1-16-11-17(2)20-13-22(28-21(20)12-16)26(32)34-15-24(30)29(3)23-9-5-4-8-19(23)25(31)27-14-18-7-6-10-33-18/h4-13,28H,14-15H2,1-3H3,(H,27,31). The van der Waals surface area contributed by atoms with Crippen LogP contribution in [0.15, 0.2) is 65.3 Å². The molecule has 2 heterocycles. The predicted molar refractivity (Wildman–Crippen MR) is 128 cm³/mol. The van der Waals surface area contributed by atoms with Gasteiger partial charge in [-0.1, -0.05) is 18.2 Å². The number of nitrogens with zero attached hydrogens (tertiary/aromatic N) is 1. The highest BCUT2D eigenvalue weighted by atomic mass is 16.5. The fourth-order valence-electron chi connectivity index (χ4n) is 3.78. The number of carbonyl (C=O) groups excluding carboxylic acids is 3. The molecule has 0 fully saturated rings. The predicted octanol–water partition coefficient (Wildman–Crippen LogP) is 4.13. The molecule has 0 aliphatic carbocycles. The Kier molecular flexibility index (Phi) is 6.49. The lowest BCUT2D eigenvalue weighted by Crippen LogP contribution is -2.33. The van der Waals surface area contributed by atoms with Crippen LogP contribution in [-0.2, 0) is 16.1 Å². The van der Waals surface area contributed by atoms with Crippen LogP contribution in [0.3, 0.4) is 0 Å². The average molecular weight is 460 g/mol. The van der Waals surface area contributed by atoms with Gasteiger partial charge in [-0.2, -0.15) is 0 Å². The number of fused-ring (bicyclic) bond motifs is 1. The number of furan rings is 1. The number of para-hydroxylation sites is 1. The second kappa shape index (κ2) is 9.66. The molecule has 174 valence electrons. The summed E-state index contributed by atoms with van der Waals surface area (Å²) in [5.41, 5.74) is 3.95. The largest absolute Gasteiger partial charge is 0.467 e. The molecule has 0 aliphatic rings. The van der Waals surface area contributed by atoms with Crippen LogP contribution < -0.4 is 10.2 Å². The number of likely N-dealkylation sites (N-methyl/N-ethyl adjacent to an activating group) is 1. The summed E-state index contributed by atoms with van der Waals surface area (Å²) in [6.07, 6.45) is 1.53. The van der Waals surface area contributed by atoms with E-state index in [1.54, 1.807) is 42.5 Å².